The fraction of sp³-hybridized carbons (Fsp3) is 0.438. The molecule has 0 aliphatic heterocycles. The SMILES string of the molecule is CCNCc1sc(-c2ccc(OC)c(Br)c2)nc1C(C)C. The second-order valence-electron chi connectivity index (χ2n) is 5.11. The highest BCUT2D eigenvalue weighted by molar-refractivity contribution is 9.10. The Bertz CT molecular complexity index is 610. The first-order chi connectivity index (χ1) is 10.1. The third-order valence-electron chi connectivity index (χ3n) is 3.21. The lowest BCUT2D eigenvalue weighted by Crippen LogP contribution is -2.12. The minimum atomic E-state index is 0.436. The van der Waals surface area contributed by atoms with Gasteiger partial charge < -0.3 is 10.1 Å². The number of halogens is 1. The lowest BCUT2D eigenvalue weighted by molar-refractivity contribution is 0.412. The highest BCUT2D eigenvalue weighted by Crippen LogP contribution is 2.35. The number of hydrogen-bond donors (Lipinski definition) is 1. The molecule has 0 spiro atoms. The van der Waals surface area contributed by atoms with E-state index in [1.807, 2.05) is 6.07 Å². The van der Waals surface area contributed by atoms with Gasteiger partial charge in [-0.05, 0) is 46.6 Å². The van der Waals surface area contributed by atoms with E-state index in [-0.39, 0.29) is 0 Å². The van der Waals surface area contributed by atoms with E-state index in [2.05, 4.69) is 54.2 Å². The van der Waals surface area contributed by atoms with Crippen LogP contribution in [0.25, 0.3) is 10.6 Å². The van der Waals surface area contributed by atoms with E-state index in [4.69, 9.17) is 9.72 Å². The van der Waals surface area contributed by atoms with Gasteiger partial charge >= 0.3 is 0 Å². The summed E-state index contributed by atoms with van der Waals surface area (Å²) < 4.78 is 6.24. The quantitative estimate of drug-likeness (QED) is 0.793. The molecule has 1 heterocycles. The average Bonchev–Trinajstić information content (AvgIpc) is 2.89. The van der Waals surface area contributed by atoms with Crippen molar-refractivity contribution in [3.05, 3.63) is 33.2 Å². The van der Waals surface area contributed by atoms with Gasteiger partial charge in [0.05, 0.1) is 17.3 Å². The monoisotopic (exact) mass is 368 g/mol. The van der Waals surface area contributed by atoms with Crippen molar-refractivity contribution < 1.29 is 4.74 Å². The van der Waals surface area contributed by atoms with Crippen LogP contribution in [0.3, 0.4) is 0 Å². The molecule has 21 heavy (non-hydrogen) atoms. The maximum atomic E-state index is 5.28. The molecule has 2 rings (SSSR count). The maximum Gasteiger partial charge on any atom is 0.133 e. The zero-order valence-corrected chi connectivity index (χ0v) is 15.3. The van der Waals surface area contributed by atoms with Gasteiger partial charge in [0.15, 0.2) is 0 Å². The Hall–Kier alpha value is -0.910. The number of nitrogens with one attached hydrogen (secondary N) is 1. The molecule has 1 aromatic heterocycles. The smallest absolute Gasteiger partial charge is 0.133 e. The van der Waals surface area contributed by atoms with Gasteiger partial charge in [-0.25, -0.2) is 4.98 Å². The molecule has 1 aromatic carbocycles. The Morgan fingerprint density at radius 1 is 1.38 bits per heavy atom. The minimum Gasteiger partial charge on any atom is -0.496 e. The van der Waals surface area contributed by atoms with Crippen LogP contribution in [0.1, 0.15) is 37.3 Å². The van der Waals surface area contributed by atoms with E-state index >= 15 is 0 Å². The number of nitrogens with zero attached hydrogens (tertiary/aromatic N) is 1. The van der Waals surface area contributed by atoms with Crippen LogP contribution in [0.5, 0.6) is 5.75 Å². The zero-order chi connectivity index (χ0) is 15.4. The van der Waals surface area contributed by atoms with Crippen LogP contribution >= 0.6 is 27.3 Å². The lowest BCUT2D eigenvalue weighted by atomic mass is 10.1. The van der Waals surface area contributed by atoms with E-state index in [0.717, 1.165) is 33.9 Å². The maximum absolute atomic E-state index is 5.28. The Balaban J connectivity index is 2.37. The Labute approximate surface area is 138 Å². The molecule has 0 amide bonds. The number of rotatable bonds is 6. The molecule has 0 fully saturated rings. The van der Waals surface area contributed by atoms with Crippen LogP contribution < -0.4 is 10.1 Å². The summed E-state index contributed by atoms with van der Waals surface area (Å²) in [6, 6.07) is 6.10. The van der Waals surface area contributed by atoms with Crippen molar-refractivity contribution in [1.29, 1.82) is 0 Å². The molecule has 0 saturated heterocycles. The summed E-state index contributed by atoms with van der Waals surface area (Å²) >= 11 is 5.31. The predicted octanol–water partition coefficient (Wildman–Crippen LogP) is 4.81. The van der Waals surface area contributed by atoms with Crippen LogP contribution in [0.2, 0.25) is 0 Å². The number of benzene rings is 1. The van der Waals surface area contributed by atoms with Crippen molar-refractivity contribution in [2.24, 2.45) is 0 Å². The third kappa shape index (κ3) is 3.84. The van der Waals surface area contributed by atoms with Crippen LogP contribution in [-0.4, -0.2) is 18.6 Å². The fourth-order valence-corrected chi connectivity index (χ4v) is 3.83. The molecular weight excluding hydrogens is 348 g/mol. The van der Waals surface area contributed by atoms with Crippen LogP contribution in [0.4, 0.5) is 0 Å². The third-order valence-corrected chi connectivity index (χ3v) is 4.95. The summed E-state index contributed by atoms with van der Waals surface area (Å²) in [6.07, 6.45) is 0. The molecule has 0 bridgehead atoms. The number of aromatic nitrogens is 1. The van der Waals surface area contributed by atoms with Crippen molar-refractivity contribution >= 4 is 27.3 Å². The van der Waals surface area contributed by atoms with Crippen molar-refractivity contribution in [1.82, 2.24) is 10.3 Å². The van der Waals surface area contributed by atoms with Gasteiger partial charge in [0.2, 0.25) is 0 Å². The summed E-state index contributed by atoms with van der Waals surface area (Å²) in [5.74, 6) is 1.28. The topological polar surface area (TPSA) is 34.1 Å². The van der Waals surface area contributed by atoms with E-state index < -0.39 is 0 Å². The Kier molecular flexibility index (Phi) is 5.79. The molecule has 0 unspecified atom stereocenters. The molecule has 0 saturated carbocycles. The predicted molar refractivity (Wildman–Crippen MR) is 93.3 cm³/mol. The van der Waals surface area contributed by atoms with E-state index in [1.54, 1.807) is 18.4 Å². The molecule has 0 aliphatic rings. The number of methoxy groups -OCH3 is 1. The standard InChI is InChI=1S/C16H21BrN2OS/c1-5-18-9-14-15(10(2)3)19-16(21-14)11-6-7-13(20-4)12(17)8-11/h6-8,10,18H,5,9H2,1-4H3. The van der Waals surface area contributed by atoms with E-state index in [1.165, 1.54) is 10.6 Å². The molecule has 1 N–H and O–H groups in total. The first-order valence-electron chi connectivity index (χ1n) is 7.11. The van der Waals surface area contributed by atoms with Gasteiger partial charge in [-0.15, -0.1) is 11.3 Å². The Morgan fingerprint density at radius 3 is 2.71 bits per heavy atom. The van der Waals surface area contributed by atoms with Gasteiger partial charge in [-0.2, -0.15) is 0 Å². The van der Waals surface area contributed by atoms with Crippen molar-refractivity contribution in [2.45, 2.75) is 33.2 Å². The molecular formula is C16H21BrN2OS. The number of hydrogen-bond acceptors (Lipinski definition) is 4. The Morgan fingerprint density at radius 2 is 2.14 bits per heavy atom. The first-order valence-corrected chi connectivity index (χ1v) is 8.72. The van der Waals surface area contributed by atoms with Crippen LogP contribution in [-0.2, 0) is 6.54 Å². The highest BCUT2D eigenvalue weighted by atomic mass is 79.9. The van der Waals surface area contributed by atoms with Crippen LogP contribution in [0.15, 0.2) is 22.7 Å². The summed E-state index contributed by atoms with van der Waals surface area (Å²) in [4.78, 5) is 6.17. The van der Waals surface area contributed by atoms with Crippen molar-refractivity contribution in [3.8, 4) is 16.3 Å². The summed E-state index contributed by atoms with van der Waals surface area (Å²) in [6.45, 7) is 8.37. The summed E-state index contributed by atoms with van der Waals surface area (Å²) in [7, 11) is 1.68. The van der Waals surface area contributed by atoms with Gasteiger partial charge in [-0.3, -0.25) is 0 Å². The fourth-order valence-electron chi connectivity index (χ4n) is 2.10. The summed E-state index contributed by atoms with van der Waals surface area (Å²) in [5, 5.41) is 4.46. The highest BCUT2D eigenvalue weighted by Gasteiger charge is 2.15. The second-order valence-corrected chi connectivity index (χ2v) is 7.05. The number of ether oxygens (including phenoxy) is 1. The molecule has 114 valence electrons. The summed E-state index contributed by atoms with van der Waals surface area (Å²) in [5.41, 5.74) is 2.32. The molecule has 5 heteroatoms. The average molecular weight is 369 g/mol. The van der Waals surface area contributed by atoms with Gasteiger partial charge in [0, 0.05) is 17.0 Å². The van der Waals surface area contributed by atoms with Gasteiger partial charge in [-0.1, -0.05) is 20.8 Å². The van der Waals surface area contributed by atoms with Gasteiger partial charge in [0.1, 0.15) is 10.8 Å². The molecule has 0 atom stereocenters. The minimum absolute atomic E-state index is 0.436. The first kappa shape index (κ1) is 16.5. The van der Waals surface area contributed by atoms with Crippen molar-refractivity contribution in [2.75, 3.05) is 13.7 Å². The molecule has 2 aromatic rings. The van der Waals surface area contributed by atoms with Crippen LogP contribution in [0, 0.1) is 0 Å². The molecule has 0 radical (unpaired) electrons. The normalized spacial score (nSPS) is 11.1. The number of thiazole rings is 1. The molecule has 3 nitrogen and oxygen atoms in total. The second kappa shape index (κ2) is 7.38. The van der Waals surface area contributed by atoms with E-state index in [0.29, 0.717) is 5.92 Å². The molecule has 0 aliphatic carbocycles. The zero-order valence-electron chi connectivity index (χ0n) is 12.9. The largest absolute Gasteiger partial charge is 0.496 e. The van der Waals surface area contributed by atoms with E-state index in [9.17, 15) is 0 Å². The van der Waals surface area contributed by atoms with Crippen molar-refractivity contribution in [3.63, 3.8) is 0 Å². The van der Waals surface area contributed by atoms with Gasteiger partial charge in [0.25, 0.3) is 0 Å². The lowest BCUT2D eigenvalue weighted by Gasteiger charge is -2.05.